The van der Waals surface area contributed by atoms with E-state index >= 15 is 0 Å². The SMILES string of the molecule is COc1cccc(-c2cccc(C(=O)N3CCC([C@@H](C)N(C)C)CC3)c2)c1. The average molecular weight is 367 g/mol. The van der Waals surface area contributed by atoms with Gasteiger partial charge in [-0.2, -0.15) is 0 Å². The van der Waals surface area contributed by atoms with Gasteiger partial charge in [-0.1, -0.05) is 24.3 Å². The van der Waals surface area contributed by atoms with Crippen LogP contribution in [0.5, 0.6) is 5.75 Å². The molecule has 0 bridgehead atoms. The van der Waals surface area contributed by atoms with Crippen LogP contribution in [-0.4, -0.2) is 56.0 Å². The number of piperidine rings is 1. The van der Waals surface area contributed by atoms with Gasteiger partial charge in [-0.3, -0.25) is 4.79 Å². The second kappa shape index (κ2) is 8.57. The van der Waals surface area contributed by atoms with Crippen LogP contribution in [0, 0.1) is 5.92 Å². The van der Waals surface area contributed by atoms with Gasteiger partial charge in [0.2, 0.25) is 0 Å². The van der Waals surface area contributed by atoms with Crippen LogP contribution in [0.3, 0.4) is 0 Å². The fourth-order valence-corrected chi connectivity index (χ4v) is 3.82. The summed E-state index contributed by atoms with van der Waals surface area (Å²) in [5, 5.41) is 0. The zero-order valence-corrected chi connectivity index (χ0v) is 16.8. The molecule has 2 aromatic carbocycles. The van der Waals surface area contributed by atoms with Gasteiger partial charge in [0.25, 0.3) is 5.91 Å². The molecule has 0 unspecified atom stereocenters. The summed E-state index contributed by atoms with van der Waals surface area (Å²) in [6.45, 7) is 3.95. The number of benzene rings is 2. The van der Waals surface area contributed by atoms with Crippen LogP contribution in [0.25, 0.3) is 11.1 Å². The van der Waals surface area contributed by atoms with E-state index in [9.17, 15) is 4.79 Å². The number of ether oxygens (including phenoxy) is 1. The molecule has 144 valence electrons. The van der Waals surface area contributed by atoms with Gasteiger partial charge in [-0.05, 0) is 75.2 Å². The maximum atomic E-state index is 13.0. The zero-order valence-electron chi connectivity index (χ0n) is 16.8. The molecule has 0 aliphatic carbocycles. The maximum absolute atomic E-state index is 13.0. The molecular formula is C23H30N2O2. The fraction of sp³-hybridized carbons (Fsp3) is 0.435. The van der Waals surface area contributed by atoms with Crippen molar-refractivity contribution in [3.8, 4) is 16.9 Å². The molecule has 2 aromatic rings. The van der Waals surface area contributed by atoms with Crippen LogP contribution in [0.4, 0.5) is 0 Å². The lowest BCUT2D eigenvalue weighted by atomic mass is 9.89. The molecule has 27 heavy (non-hydrogen) atoms. The lowest BCUT2D eigenvalue weighted by Gasteiger charge is -2.37. The van der Waals surface area contributed by atoms with Crippen molar-refractivity contribution in [1.82, 2.24) is 9.80 Å². The van der Waals surface area contributed by atoms with Gasteiger partial charge >= 0.3 is 0 Å². The summed E-state index contributed by atoms with van der Waals surface area (Å²) >= 11 is 0. The molecule has 3 rings (SSSR count). The third-order valence-corrected chi connectivity index (χ3v) is 5.84. The summed E-state index contributed by atoms with van der Waals surface area (Å²) in [4.78, 5) is 17.3. The number of nitrogens with zero attached hydrogens (tertiary/aromatic N) is 2. The molecule has 1 atom stereocenters. The number of hydrogen-bond donors (Lipinski definition) is 0. The number of likely N-dealkylation sites (tertiary alicyclic amines) is 1. The van der Waals surface area contributed by atoms with Crippen LogP contribution >= 0.6 is 0 Å². The highest BCUT2D eigenvalue weighted by molar-refractivity contribution is 5.95. The highest BCUT2D eigenvalue weighted by Crippen LogP contribution is 2.27. The number of amides is 1. The van der Waals surface area contributed by atoms with E-state index in [2.05, 4.69) is 25.9 Å². The van der Waals surface area contributed by atoms with Crippen molar-refractivity contribution in [3.63, 3.8) is 0 Å². The predicted molar refractivity (Wildman–Crippen MR) is 110 cm³/mol. The molecule has 1 amide bonds. The summed E-state index contributed by atoms with van der Waals surface area (Å²) in [7, 11) is 5.93. The molecule has 0 N–H and O–H groups in total. The Hall–Kier alpha value is -2.33. The zero-order chi connectivity index (χ0) is 19.4. The first-order valence-corrected chi connectivity index (χ1v) is 9.70. The molecule has 0 saturated carbocycles. The van der Waals surface area contributed by atoms with Crippen molar-refractivity contribution in [2.75, 3.05) is 34.3 Å². The Labute approximate surface area is 162 Å². The van der Waals surface area contributed by atoms with Crippen LogP contribution in [-0.2, 0) is 0 Å². The molecule has 1 saturated heterocycles. The molecule has 0 spiro atoms. The molecule has 0 radical (unpaired) electrons. The second-order valence-corrected chi connectivity index (χ2v) is 7.65. The third kappa shape index (κ3) is 4.51. The second-order valence-electron chi connectivity index (χ2n) is 7.65. The highest BCUT2D eigenvalue weighted by atomic mass is 16.5. The maximum Gasteiger partial charge on any atom is 0.253 e. The van der Waals surface area contributed by atoms with Crippen molar-refractivity contribution in [2.45, 2.75) is 25.8 Å². The van der Waals surface area contributed by atoms with E-state index in [-0.39, 0.29) is 5.91 Å². The molecule has 4 heteroatoms. The number of hydrogen-bond acceptors (Lipinski definition) is 3. The molecule has 4 nitrogen and oxygen atoms in total. The lowest BCUT2D eigenvalue weighted by molar-refractivity contribution is 0.0641. The van der Waals surface area contributed by atoms with Gasteiger partial charge in [0.05, 0.1) is 7.11 Å². The van der Waals surface area contributed by atoms with E-state index in [1.54, 1.807) is 7.11 Å². The fourth-order valence-electron chi connectivity index (χ4n) is 3.82. The minimum absolute atomic E-state index is 0.135. The lowest BCUT2D eigenvalue weighted by Crippen LogP contribution is -2.43. The van der Waals surface area contributed by atoms with Crippen molar-refractivity contribution in [1.29, 1.82) is 0 Å². The van der Waals surface area contributed by atoms with E-state index < -0.39 is 0 Å². The number of rotatable bonds is 5. The number of carbonyl (C=O) groups is 1. The first kappa shape index (κ1) is 19.4. The molecular weight excluding hydrogens is 336 g/mol. The first-order chi connectivity index (χ1) is 13.0. The van der Waals surface area contributed by atoms with Crippen molar-refractivity contribution in [3.05, 3.63) is 54.1 Å². The van der Waals surface area contributed by atoms with Gasteiger partial charge in [-0.25, -0.2) is 0 Å². The van der Waals surface area contributed by atoms with E-state index in [4.69, 9.17) is 4.74 Å². The smallest absolute Gasteiger partial charge is 0.253 e. The normalized spacial score (nSPS) is 16.4. The number of carbonyl (C=O) groups excluding carboxylic acids is 1. The Morgan fingerprint density at radius 1 is 1.07 bits per heavy atom. The third-order valence-electron chi connectivity index (χ3n) is 5.84. The molecule has 0 aromatic heterocycles. The largest absolute Gasteiger partial charge is 0.497 e. The van der Waals surface area contributed by atoms with Crippen molar-refractivity contribution in [2.24, 2.45) is 5.92 Å². The van der Waals surface area contributed by atoms with Gasteiger partial charge in [0.1, 0.15) is 5.75 Å². The first-order valence-electron chi connectivity index (χ1n) is 9.70. The summed E-state index contributed by atoms with van der Waals surface area (Å²) in [6.07, 6.45) is 2.14. The Balaban J connectivity index is 1.71. The molecule has 1 heterocycles. The Bertz CT molecular complexity index is 779. The van der Waals surface area contributed by atoms with E-state index in [0.717, 1.165) is 48.4 Å². The van der Waals surface area contributed by atoms with Crippen LogP contribution < -0.4 is 4.74 Å². The van der Waals surface area contributed by atoms with Gasteiger partial charge in [0.15, 0.2) is 0 Å². The molecule has 1 aliphatic rings. The van der Waals surface area contributed by atoms with Crippen molar-refractivity contribution < 1.29 is 9.53 Å². The van der Waals surface area contributed by atoms with Gasteiger partial charge in [0, 0.05) is 24.7 Å². The van der Waals surface area contributed by atoms with Gasteiger partial charge in [-0.15, -0.1) is 0 Å². The summed E-state index contributed by atoms with van der Waals surface area (Å²) in [6, 6.07) is 16.4. The monoisotopic (exact) mass is 366 g/mol. The quantitative estimate of drug-likeness (QED) is 0.796. The molecule has 1 fully saturated rings. The van der Waals surface area contributed by atoms with Gasteiger partial charge < -0.3 is 14.5 Å². The minimum Gasteiger partial charge on any atom is -0.497 e. The minimum atomic E-state index is 0.135. The Kier molecular flexibility index (Phi) is 6.17. The highest BCUT2D eigenvalue weighted by Gasteiger charge is 2.27. The standard InChI is InChI=1S/C23H30N2O2/c1-17(24(2)3)18-11-13-25(14-12-18)23(26)21-9-5-7-19(15-21)20-8-6-10-22(16-20)27-4/h5-10,15-18H,11-14H2,1-4H3/t17-/m1/s1. The predicted octanol–water partition coefficient (Wildman–Crippen LogP) is 4.16. The van der Waals surface area contributed by atoms with Crippen molar-refractivity contribution >= 4 is 5.91 Å². The van der Waals surface area contributed by atoms with Crippen LogP contribution in [0.2, 0.25) is 0 Å². The summed E-state index contributed by atoms with van der Waals surface area (Å²) in [5.74, 6) is 1.61. The van der Waals surface area contributed by atoms with E-state index in [1.807, 2.05) is 53.4 Å². The summed E-state index contributed by atoms with van der Waals surface area (Å²) < 4.78 is 5.32. The van der Waals surface area contributed by atoms with E-state index in [1.165, 1.54) is 0 Å². The van der Waals surface area contributed by atoms with E-state index in [0.29, 0.717) is 12.0 Å². The summed E-state index contributed by atoms with van der Waals surface area (Å²) in [5.41, 5.74) is 2.85. The number of methoxy groups -OCH3 is 1. The topological polar surface area (TPSA) is 32.8 Å². The Morgan fingerprint density at radius 2 is 1.70 bits per heavy atom. The van der Waals surface area contributed by atoms with Crippen LogP contribution in [0.15, 0.2) is 48.5 Å². The Morgan fingerprint density at radius 3 is 2.33 bits per heavy atom. The molecule has 1 aliphatic heterocycles. The average Bonchev–Trinajstić information content (AvgIpc) is 2.73. The van der Waals surface area contributed by atoms with Crippen LogP contribution in [0.1, 0.15) is 30.1 Å².